The Morgan fingerprint density at radius 2 is 1.75 bits per heavy atom. The molecule has 24 heavy (non-hydrogen) atoms. The van der Waals surface area contributed by atoms with Gasteiger partial charge in [-0.3, -0.25) is 4.31 Å². The van der Waals surface area contributed by atoms with Crippen molar-refractivity contribution in [3.63, 3.8) is 0 Å². The highest BCUT2D eigenvalue weighted by molar-refractivity contribution is 7.93. The molecule has 2 amide bonds. The predicted octanol–water partition coefficient (Wildman–Crippen LogP) is 3.52. The summed E-state index contributed by atoms with van der Waals surface area (Å²) in [7, 11) is -3.34. The number of para-hydroxylation sites is 1. The smallest absolute Gasteiger partial charge is 0.308 e. The van der Waals surface area contributed by atoms with Gasteiger partial charge in [-0.25, -0.2) is 13.2 Å². The Morgan fingerprint density at radius 1 is 1.04 bits per heavy atom. The van der Waals surface area contributed by atoms with E-state index in [2.05, 4.69) is 10.6 Å². The molecule has 1 aliphatic rings. The molecule has 1 heterocycles. The van der Waals surface area contributed by atoms with Crippen LogP contribution in [0.2, 0.25) is 5.02 Å². The first kappa shape index (κ1) is 16.6. The van der Waals surface area contributed by atoms with E-state index in [1.807, 2.05) is 18.2 Å². The Hall–Kier alpha value is -2.25. The van der Waals surface area contributed by atoms with Gasteiger partial charge in [0.25, 0.3) is 0 Å². The first-order valence-electron chi connectivity index (χ1n) is 7.39. The monoisotopic (exact) mass is 365 g/mol. The number of urea groups is 1. The Bertz CT molecular complexity index is 856. The zero-order valence-corrected chi connectivity index (χ0v) is 14.3. The van der Waals surface area contributed by atoms with Crippen molar-refractivity contribution in [3.05, 3.63) is 53.6 Å². The second-order valence-electron chi connectivity index (χ2n) is 5.35. The summed E-state index contributed by atoms with van der Waals surface area (Å²) in [6.07, 6.45) is 0.560. The molecule has 0 unspecified atom stereocenters. The number of hydrogen-bond acceptors (Lipinski definition) is 3. The average molecular weight is 366 g/mol. The molecule has 1 fully saturated rings. The third kappa shape index (κ3) is 3.63. The van der Waals surface area contributed by atoms with Crippen molar-refractivity contribution in [2.45, 2.75) is 6.42 Å². The zero-order chi connectivity index (χ0) is 17.2. The number of amides is 2. The highest BCUT2D eigenvalue weighted by Gasteiger charge is 2.30. The van der Waals surface area contributed by atoms with Crippen LogP contribution in [-0.2, 0) is 10.0 Å². The lowest BCUT2D eigenvalue weighted by Gasteiger charge is -2.19. The molecule has 1 saturated heterocycles. The summed E-state index contributed by atoms with van der Waals surface area (Å²) < 4.78 is 25.4. The first-order valence-corrected chi connectivity index (χ1v) is 9.37. The van der Waals surface area contributed by atoms with Crippen LogP contribution >= 0.6 is 11.6 Å². The van der Waals surface area contributed by atoms with E-state index in [1.165, 1.54) is 4.31 Å². The minimum Gasteiger partial charge on any atom is -0.308 e. The van der Waals surface area contributed by atoms with Crippen molar-refractivity contribution in [1.29, 1.82) is 0 Å². The van der Waals surface area contributed by atoms with E-state index in [4.69, 9.17) is 11.6 Å². The van der Waals surface area contributed by atoms with Crippen LogP contribution in [0.4, 0.5) is 21.9 Å². The van der Waals surface area contributed by atoms with Gasteiger partial charge in [0.15, 0.2) is 0 Å². The highest BCUT2D eigenvalue weighted by Crippen LogP contribution is 2.33. The topological polar surface area (TPSA) is 78.5 Å². The van der Waals surface area contributed by atoms with Crippen LogP contribution in [0.1, 0.15) is 6.42 Å². The Kier molecular flexibility index (Phi) is 4.64. The Labute approximate surface area is 145 Å². The number of halogens is 1. The van der Waals surface area contributed by atoms with E-state index < -0.39 is 16.1 Å². The molecule has 2 aromatic rings. The summed E-state index contributed by atoms with van der Waals surface area (Å²) in [5, 5.41) is 5.70. The number of nitrogens with zero attached hydrogens (tertiary/aromatic N) is 1. The van der Waals surface area contributed by atoms with Gasteiger partial charge in [-0.05, 0) is 36.8 Å². The lowest BCUT2D eigenvalue weighted by Crippen LogP contribution is -2.26. The standard InChI is InChI=1S/C16H16ClN3O3S/c17-14-8-7-13(11-15(14)20-9-4-10-24(20,22)23)19-16(21)18-12-5-2-1-3-6-12/h1-3,5-8,11H,4,9-10H2,(H2,18,19,21). The number of sulfonamides is 1. The SMILES string of the molecule is O=C(Nc1ccccc1)Nc1ccc(Cl)c(N2CCCS2(=O)=O)c1. The maximum atomic E-state index is 12.1. The zero-order valence-electron chi connectivity index (χ0n) is 12.7. The van der Waals surface area contributed by atoms with Crippen LogP contribution in [0, 0.1) is 0 Å². The van der Waals surface area contributed by atoms with E-state index in [0.717, 1.165) is 0 Å². The second-order valence-corrected chi connectivity index (χ2v) is 7.77. The van der Waals surface area contributed by atoms with Gasteiger partial charge in [-0.2, -0.15) is 0 Å². The molecule has 1 aliphatic heterocycles. The van der Waals surface area contributed by atoms with Crippen LogP contribution in [0.25, 0.3) is 0 Å². The number of anilines is 3. The molecule has 8 heteroatoms. The fourth-order valence-electron chi connectivity index (χ4n) is 2.51. The van der Waals surface area contributed by atoms with Crippen LogP contribution in [-0.4, -0.2) is 26.7 Å². The third-order valence-electron chi connectivity index (χ3n) is 3.60. The van der Waals surface area contributed by atoms with Crippen molar-refractivity contribution in [2.24, 2.45) is 0 Å². The molecule has 126 valence electrons. The first-order chi connectivity index (χ1) is 11.5. The van der Waals surface area contributed by atoms with Crippen molar-refractivity contribution in [2.75, 3.05) is 27.2 Å². The van der Waals surface area contributed by atoms with Crippen molar-refractivity contribution >= 4 is 44.7 Å². The van der Waals surface area contributed by atoms with Crippen LogP contribution in [0.5, 0.6) is 0 Å². The average Bonchev–Trinajstić information content (AvgIpc) is 2.89. The third-order valence-corrected chi connectivity index (χ3v) is 5.78. The molecule has 3 rings (SSSR count). The maximum Gasteiger partial charge on any atom is 0.323 e. The predicted molar refractivity (Wildman–Crippen MR) is 96.3 cm³/mol. The summed E-state index contributed by atoms with van der Waals surface area (Å²) in [4.78, 5) is 12.0. The van der Waals surface area contributed by atoms with Gasteiger partial charge in [0.05, 0.1) is 16.5 Å². The molecular formula is C16H16ClN3O3S. The van der Waals surface area contributed by atoms with E-state index in [0.29, 0.717) is 35.1 Å². The summed E-state index contributed by atoms with van der Waals surface area (Å²) >= 11 is 6.14. The highest BCUT2D eigenvalue weighted by atomic mass is 35.5. The Balaban J connectivity index is 1.78. The molecule has 0 saturated carbocycles. The number of carbonyl (C=O) groups is 1. The van der Waals surface area contributed by atoms with Gasteiger partial charge >= 0.3 is 6.03 Å². The lowest BCUT2D eigenvalue weighted by molar-refractivity contribution is 0.262. The van der Waals surface area contributed by atoms with Gasteiger partial charge in [-0.1, -0.05) is 29.8 Å². The molecule has 0 radical (unpaired) electrons. The number of benzene rings is 2. The molecule has 0 aliphatic carbocycles. The summed E-state index contributed by atoms with van der Waals surface area (Å²) in [5.41, 5.74) is 1.50. The van der Waals surface area contributed by atoms with Crippen molar-refractivity contribution in [3.8, 4) is 0 Å². The fourth-order valence-corrected chi connectivity index (χ4v) is 4.35. The van der Waals surface area contributed by atoms with Gasteiger partial charge in [0.1, 0.15) is 0 Å². The largest absolute Gasteiger partial charge is 0.323 e. The van der Waals surface area contributed by atoms with E-state index in [9.17, 15) is 13.2 Å². The number of nitrogens with one attached hydrogen (secondary N) is 2. The minimum atomic E-state index is -3.34. The molecule has 0 bridgehead atoms. The van der Waals surface area contributed by atoms with Gasteiger partial charge < -0.3 is 10.6 Å². The summed E-state index contributed by atoms with van der Waals surface area (Å²) in [5.74, 6) is 0.107. The van der Waals surface area contributed by atoms with Crippen molar-refractivity contribution < 1.29 is 13.2 Å². The second kappa shape index (κ2) is 6.70. The molecule has 0 aromatic heterocycles. The molecule has 6 nitrogen and oxygen atoms in total. The van der Waals surface area contributed by atoms with Gasteiger partial charge in [-0.15, -0.1) is 0 Å². The summed E-state index contributed by atoms with van der Waals surface area (Å²) in [6, 6.07) is 13.4. The molecule has 0 spiro atoms. The van der Waals surface area contributed by atoms with Crippen LogP contribution in [0.15, 0.2) is 48.5 Å². The molecular weight excluding hydrogens is 350 g/mol. The quantitative estimate of drug-likeness (QED) is 0.873. The number of carbonyl (C=O) groups excluding carboxylic acids is 1. The molecule has 0 atom stereocenters. The molecule has 2 aromatic carbocycles. The van der Waals surface area contributed by atoms with Crippen molar-refractivity contribution in [1.82, 2.24) is 0 Å². The normalized spacial score (nSPS) is 16.0. The van der Waals surface area contributed by atoms with Gasteiger partial charge in [0.2, 0.25) is 10.0 Å². The van der Waals surface area contributed by atoms with Crippen LogP contribution in [0.3, 0.4) is 0 Å². The number of rotatable bonds is 3. The minimum absolute atomic E-state index is 0.107. The molecule has 2 N–H and O–H groups in total. The summed E-state index contributed by atoms with van der Waals surface area (Å²) in [6.45, 7) is 0.391. The Morgan fingerprint density at radius 3 is 2.42 bits per heavy atom. The fraction of sp³-hybridized carbons (Fsp3) is 0.188. The van der Waals surface area contributed by atoms with Gasteiger partial charge in [0, 0.05) is 17.9 Å². The van der Waals surface area contributed by atoms with E-state index in [-0.39, 0.29) is 5.75 Å². The lowest BCUT2D eigenvalue weighted by atomic mass is 10.2. The number of hydrogen-bond donors (Lipinski definition) is 2. The van der Waals surface area contributed by atoms with Crippen LogP contribution < -0.4 is 14.9 Å². The van der Waals surface area contributed by atoms with E-state index >= 15 is 0 Å². The maximum absolute atomic E-state index is 12.1. The van der Waals surface area contributed by atoms with E-state index in [1.54, 1.807) is 30.3 Å².